The van der Waals surface area contributed by atoms with Crippen molar-refractivity contribution in [1.29, 1.82) is 0 Å². The van der Waals surface area contributed by atoms with Gasteiger partial charge in [0.05, 0.1) is 40.7 Å². The molecule has 0 aliphatic carbocycles. The normalized spacial score (nSPS) is 11.4. The number of carbonyl (C=O) groups excluding carboxylic acids is 2. The zero-order valence-corrected chi connectivity index (χ0v) is 20.0. The molecule has 0 atom stereocenters. The maximum Gasteiger partial charge on any atom is 0.271 e. The summed E-state index contributed by atoms with van der Waals surface area (Å²) < 4.78 is 63.4. The number of methoxy groups -OCH3 is 1. The monoisotopic (exact) mass is 536 g/mol. The molecule has 0 aliphatic heterocycles. The molecule has 1 aromatic carbocycles. The second-order valence-electron chi connectivity index (χ2n) is 7.12. The number of benzene rings is 1. The van der Waals surface area contributed by atoms with E-state index in [1.165, 1.54) is 30.2 Å². The van der Waals surface area contributed by atoms with Gasteiger partial charge in [0.15, 0.2) is 10.6 Å². The molecule has 4 aromatic rings. The van der Waals surface area contributed by atoms with Crippen molar-refractivity contribution >= 4 is 39.0 Å². The first kappa shape index (κ1) is 24.9. The molecule has 3 aromatic heterocycles. The van der Waals surface area contributed by atoms with Crippen molar-refractivity contribution in [2.24, 2.45) is 0 Å². The molecule has 0 spiro atoms. The van der Waals surface area contributed by atoms with E-state index in [1.807, 2.05) is 0 Å². The molecule has 36 heavy (non-hydrogen) atoms. The van der Waals surface area contributed by atoms with Gasteiger partial charge in [0.1, 0.15) is 18.0 Å². The minimum Gasteiger partial charge on any atom is -0.480 e. The van der Waals surface area contributed by atoms with Crippen LogP contribution >= 0.6 is 11.6 Å². The van der Waals surface area contributed by atoms with Crippen LogP contribution in [-0.4, -0.2) is 53.7 Å². The van der Waals surface area contributed by atoms with Gasteiger partial charge in [-0.25, -0.2) is 31.9 Å². The highest BCUT2D eigenvalue weighted by Gasteiger charge is 2.28. The third-order valence-electron chi connectivity index (χ3n) is 4.95. The topological polar surface area (TPSA) is 145 Å². The van der Waals surface area contributed by atoms with Crippen molar-refractivity contribution < 1.29 is 31.5 Å². The van der Waals surface area contributed by atoms with Gasteiger partial charge in [0.2, 0.25) is 5.88 Å². The number of hydrogen-bond donors (Lipinski definition) is 2. The van der Waals surface area contributed by atoms with Crippen LogP contribution in [0.3, 0.4) is 0 Å². The van der Waals surface area contributed by atoms with Crippen LogP contribution in [0.1, 0.15) is 20.8 Å². The zero-order valence-electron chi connectivity index (χ0n) is 18.4. The Morgan fingerprint density at radius 3 is 2.56 bits per heavy atom. The van der Waals surface area contributed by atoms with Crippen LogP contribution in [0.5, 0.6) is 5.88 Å². The fourth-order valence-corrected chi connectivity index (χ4v) is 4.60. The smallest absolute Gasteiger partial charge is 0.271 e. The number of amides is 2. The van der Waals surface area contributed by atoms with E-state index in [1.54, 1.807) is 4.72 Å². The van der Waals surface area contributed by atoms with E-state index in [2.05, 4.69) is 20.3 Å². The minimum atomic E-state index is -4.61. The average Bonchev–Trinajstić information content (AvgIpc) is 3.26. The fourth-order valence-electron chi connectivity index (χ4n) is 3.27. The van der Waals surface area contributed by atoms with Gasteiger partial charge in [0.25, 0.3) is 21.8 Å². The number of carbonyl (C=O) groups is 2. The van der Waals surface area contributed by atoms with Gasteiger partial charge in [0, 0.05) is 19.4 Å². The largest absolute Gasteiger partial charge is 0.480 e. The number of ether oxygens (including phenoxy) is 1. The van der Waals surface area contributed by atoms with Crippen molar-refractivity contribution in [2.75, 3.05) is 14.2 Å². The molecule has 0 bridgehead atoms. The summed E-state index contributed by atoms with van der Waals surface area (Å²) >= 11 is 5.80. The molecule has 0 saturated carbocycles. The predicted molar refractivity (Wildman–Crippen MR) is 122 cm³/mol. The molecule has 15 heteroatoms. The van der Waals surface area contributed by atoms with Crippen LogP contribution < -0.4 is 14.8 Å². The Bertz CT molecular complexity index is 1640. The lowest BCUT2D eigenvalue weighted by Gasteiger charge is -2.12. The molecule has 3 heterocycles. The number of fused-ring (bicyclic) bond motifs is 1. The first-order valence-electron chi connectivity index (χ1n) is 9.87. The Morgan fingerprint density at radius 1 is 1.11 bits per heavy atom. The number of imidazole rings is 1. The molecule has 2 N–H and O–H groups in total. The Labute approximate surface area is 207 Å². The summed E-state index contributed by atoms with van der Waals surface area (Å²) in [5.41, 5.74) is -1.40. The number of pyridine rings is 1. The summed E-state index contributed by atoms with van der Waals surface area (Å²) in [6.45, 7) is 0. The van der Waals surface area contributed by atoms with Crippen molar-refractivity contribution in [3.05, 3.63) is 71.0 Å². The van der Waals surface area contributed by atoms with Crippen molar-refractivity contribution in [2.45, 2.75) is 4.90 Å². The van der Waals surface area contributed by atoms with Crippen molar-refractivity contribution in [1.82, 2.24) is 29.4 Å². The highest BCUT2D eigenvalue weighted by Crippen LogP contribution is 2.29. The van der Waals surface area contributed by atoms with Gasteiger partial charge in [-0.05, 0) is 18.2 Å². The molecule has 4 rings (SSSR count). The molecule has 0 saturated heterocycles. The minimum absolute atomic E-state index is 0.0433. The number of nitrogens with one attached hydrogen (secondary N) is 2. The zero-order chi connectivity index (χ0) is 26.2. The molecule has 0 radical (unpaired) electrons. The molecule has 0 aliphatic rings. The number of sulfonamides is 1. The third-order valence-corrected chi connectivity index (χ3v) is 6.48. The van der Waals surface area contributed by atoms with E-state index in [0.29, 0.717) is 0 Å². The van der Waals surface area contributed by atoms with E-state index in [4.69, 9.17) is 16.3 Å². The van der Waals surface area contributed by atoms with Gasteiger partial charge < -0.3 is 14.5 Å². The average molecular weight is 537 g/mol. The highest BCUT2D eigenvalue weighted by atomic mass is 35.5. The summed E-state index contributed by atoms with van der Waals surface area (Å²) in [6.07, 6.45) is 4.77. The maximum absolute atomic E-state index is 15.4. The molecule has 186 valence electrons. The number of rotatable bonds is 6. The van der Waals surface area contributed by atoms with E-state index in [0.717, 1.165) is 31.5 Å². The standard InChI is InChI=1S/C21H15ClF2N6O5S/c1-25-20(32)18-14-7-26-13(8-30(14)9-28-18)16-12(23)4-3-11(17(16)24)19(31)29-36(33,34)15-5-10(22)6-27-21(15)35-2/h3-9H,1-2H3,(H,25,32)(H,29,31). The van der Waals surface area contributed by atoms with E-state index >= 15 is 4.39 Å². The molecular weight excluding hydrogens is 522 g/mol. The first-order valence-corrected chi connectivity index (χ1v) is 11.7. The number of nitrogens with zero attached hydrogens (tertiary/aromatic N) is 4. The summed E-state index contributed by atoms with van der Waals surface area (Å²) in [6, 6.07) is 2.57. The highest BCUT2D eigenvalue weighted by molar-refractivity contribution is 7.90. The van der Waals surface area contributed by atoms with E-state index in [9.17, 15) is 22.4 Å². The number of halogens is 3. The van der Waals surface area contributed by atoms with Gasteiger partial charge in [-0.15, -0.1) is 0 Å². The Morgan fingerprint density at radius 2 is 1.86 bits per heavy atom. The second-order valence-corrected chi connectivity index (χ2v) is 9.20. The van der Waals surface area contributed by atoms with Gasteiger partial charge in [-0.1, -0.05) is 11.6 Å². The first-order chi connectivity index (χ1) is 17.1. The van der Waals surface area contributed by atoms with Crippen LogP contribution in [0.25, 0.3) is 16.8 Å². The summed E-state index contributed by atoms with van der Waals surface area (Å²) in [5.74, 6) is -4.66. The summed E-state index contributed by atoms with van der Waals surface area (Å²) in [7, 11) is -2.04. The van der Waals surface area contributed by atoms with Gasteiger partial charge in [-0.2, -0.15) is 0 Å². The number of aromatic nitrogens is 4. The molecule has 0 fully saturated rings. The van der Waals surface area contributed by atoms with Gasteiger partial charge >= 0.3 is 0 Å². The fraction of sp³-hybridized carbons (Fsp3) is 0.0952. The van der Waals surface area contributed by atoms with Gasteiger partial charge in [-0.3, -0.25) is 14.6 Å². The Balaban J connectivity index is 1.73. The predicted octanol–water partition coefficient (Wildman–Crippen LogP) is 2.21. The molecule has 0 unspecified atom stereocenters. The maximum atomic E-state index is 15.4. The summed E-state index contributed by atoms with van der Waals surface area (Å²) in [5, 5.41) is 2.35. The van der Waals surface area contributed by atoms with E-state index < -0.39 is 49.5 Å². The molecule has 11 nitrogen and oxygen atoms in total. The quantitative estimate of drug-likeness (QED) is 0.381. The van der Waals surface area contributed by atoms with Crippen LogP contribution in [0.4, 0.5) is 8.78 Å². The van der Waals surface area contributed by atoms with E-state index in [-0.39, 0.29) is 27.8 Å². The van der Waals surface area contributed by atoms with Crippen molar-refractivity contribution in [3.63, 3.8) is 0 Å². The molecular formula is C21H15ClF2N6O5S. The third kappa shape index (κ3) is 4.43. The van der Waals surface area contributed by atoms with Crippen LogP contribution in [0.2, 0.25) is 5.02 Å². The second kappa shape index (κ2) is 9.47. The van der Waals surface area contributed by atoms with Crippen LogP contribution in [0.15, 0.2) is 48.0 Å². The van der Waals surface area contributed by atoms with Crippen LogP contribution in [0, 0.1) is 11.6 Å². The van der Waals surface area contributed by atoms with Crippen molar-refractivity contribution in [3.8, 4) is 17.1 Å². The number of hydrogen-bond acceptors (Lipinski definition) is 8. The molecule has 2 amide bonds. The lowest BCUT2D eigenvalue weighted by Crippen LogP contribution is -2.31. The summed E-state index contributed by atoms with van der Waals surface area (Å²) in [4.78, 5) is 35.7. The Hall–Kier alpha value is -4.17. The Kier molecular flexibility index (Phi) is 6.56. The SMILES string of the molecule is CNC(=O)c1ncn2cc(-c3c(F)ccc(C(=O)NS(=O)(=O)c4cc(Cl)cnc4OC)c3F)ncc12. The van der Waals surface area contributed by atoms with Crippen LogP contribution in [-0.2, 0) is 10.0 Å². The lowest BCUT2D eigenvalue weighted by atomic mass is 10.1. The lowest BCUT2D eigenvalue weighted by molar-refractivity contribution is 0.0956.